The normalized spacial score (nSPS) is 13.7. The molecule has 0 atom stereocenters. The van der Waals surface area contributed by atoms with E-state index in [1.807, 2.05) is 0 Å². The first-order chi connectivity index (χ1) is 41.2. The summed E-state index contributed by atoms with van der Waals surface area (Å²) in [6.07, 6.45) is 0. The van der Waals surface area contributed by atoms with E-state index in [1.54, 1.807) is 0 Å². The fourth-order valence-electron chi connectivity index (χ4n) is 14.6. The summed E-state index contributed by atoms with van der Waals surface area (Å²) in [5.41, 5.74) is 25.5. The Bertz CT molecular complexity index is 4430. The fraction of sp³-hybridized carbons (Fsp3) is 0.0250. The van der Waals surface area contributed by atoms with Crippen LogP contribution in [0.2, 0.25) is 0 Å². The average Bonchev–Trinajstić information content (AvgIpc) is 1.77. The molecule has 4 aliphatic rings. The molecular weight excluding hydrogens is 1010 g/mol. The van der Waals surface area contributed by atoms with Crippen LogP contribution in [0.5, 0.6) is 23.0 Å². The maximum absolute atomic E-state index is 6.77. The van der Waals surface area contributed by atoms with Gasteiger partial charge in [-0.25, -0.2) is 0 Å². The first-order valence-electron chi connectivity index (χ1n) is 28.6. The predicted octanol–water partition coefficient (Wildman–Crippen LogP) is 20.8. The van der Waals surface area contributed by atoms with E-state index in [9.17, 15) is 0 Å². The van der Waals surface area contributed by atoms with Crippen LogP contribution >= 0.6 is 0 Å². The smallest absolute Gasteiger partial charge is 0.132 e. The highest BCUT2D eigenvalue weighted by molar-refractivity contribution is 6.00. The third-order valence-corrected chi connectivity index (χ3v) is 18.1. The van der Waals surface area contributed by atoms with Gasteiger partial charge in [-0.1, -0.05) is 255 Å². The maximum atomic E-state index is 6.77. The highest BCUT2D eigenvalue weighted by atomic mass is 16.5. The second-order valence-electron chi connectivity index (χ2n) is 22.1. The summed E-state index contributed by atoms with van der Waals surface area (Å²) >= 11 is 0. The zero-order chi connectivity index (χ0) is 54.6. The lowest BCUT2D eigenvalue weighted by atomic mass is 9.66. The maximum Gasteiger partial charge on any atom is 0.132 e. The molecule has 13 aromatic rings. The zero-order valence-electron chi connectivity index (χ0n) is 45.2. The monoisotopic (exact) mass is 1060 g/mol. The predicted molar refractivity (Wildman–Crippen MR) is 338 cm³/mol. The molecule has 0 aromatic heterocycles. The van der Waals surface area contributed by atoms with Crippen LogP contribution in [0, 0.1) is 0 Å². The number of benzene rings is 13. The molecule has 0 radical (unpaired) electrons. The number of hydrogen-bond acceptors (Lipinski definition) is 3. The van der Waals surface area contributed by atoms with Crippen molar-refractivity contribution >= 4 is 17.1 Å². The first kappa shape index (κ1) is 47.1. The van der Waals surface area contributed by atoms with E-state index in [0.29, 0.717) is 0 Å². The minimum Gasteiger partial charge on any atom is -0.457 e. The molecule has 0 unspecified atom stereocenters. The molecule has 2 spiro atoms. The number of hydrogen-bond donors (Lipinski definition) is 0. The molecule has 13 aromatic carbocycles. The Balaban J connectivity index is 0.900. The van der Waals surface area contributed by atoms with Gasteiger partial charge in [0, 0.05) is 38.9 Å². The van der Waals surface area contributed by atoms with Crippen LogP contribution in [0.15, 0.2) is 309 Å². The number of anilines is 3. The molecule has 0 N–H and O–H groups in total. The Morgan fingerprint density at radius 1 is 0.193 bits per heavy atom. The zero-order valence-corrected chi connectivity index (χ0v) is 45.2. The quantitative estimate of drug-likeness (QED) is 0.159. The lowest BCUT2D eigenvalue weighted by molar-refractivity contribution is 0.436. The van der Waals surface area contributed by atoms with Gasteiger partial charge >= 0.3 is 0 Å². The molecule has 388 valence electrons. The number of rotatable bonds is 7. The summed E-state index contributed by atoms with van der Waals surface area (Å²) in [5, 5.41) is 0. The molecule has 17 rings (SSSR count). The van der Waals surface area contributed by atoms with Crippen LogP contribution in [0.25, 0.3) is 66.8 Å². The molecule has 0 saturated heterocycles. The second kappa shape index (κ2) is 18.4. The molecule has 2 aliphatic heterocycles. The Morgan fingerprint density at radius 2 is 0.470 bits per heavy atom. The fourth-order valence-corrected chi connectivity index (χ4v) is 14.6. The van der Waals surface area contributed by atoms with E-state index < -0.39 is 10.8 Å². The number of para-hydroxylation sites is 7. The van der Waals surface area contributed by atoms with E-state index in [0.717, 1.165) is 95.7 Å². The van der Waals surface area contributed by atoms with Gasteiger partial charge in [0.2, 0.25) is 0 Å². The van der Waals surface area contributed by atoms with Crippen molar-refractivity contribution in [1.29, 1.82) is 0 Å². The summed E-state index contributed by atoms with van der Waals surface area (Å²) in [6.45, 7) is 0. The third kappa shape index (κ3) is 6.80. The summed E-state index contributed by atoms with van der Waals surface area (Å²) in [4.78, 5) is 2.53. The summed E-state index contributed by atoms with van der Waals surface area (Å²) in [6, 6.07) is 113. The van der Waals surface area contributed by atoms with Crippen molar-refractivity contribution in [2.75, 3.05) is 4.90 Å². The summed E-state index contributed by atoms with van der Waals surface area (Å²) < 4.78 is 13.5. The standard InChI is InChI=1S/C80H51NO2/c1-2-22-52(23-3-1)53-42-44-54(45-43-53)57-24-6-15-35-72(57)81(73-36-16-7-25-58(73)55-46-48-62-60-27-4-9-29-64(60)79(70(62)50-55)66-31-11-18-38-75(66)82-76-39-19-12-32-67(76)79)74-37-17-8-26-59(74)56-47-49-63-61-28-5-10-30-65(61)80(71(63)51-56)68-33-13-20-40-77(68)83-78-41-21-14-34-69(78)80/h1-51H. The van der Waals surface area contributed by atoms with Crippen LogP contribution in [0.1, 0.15) is 44.5 Å². The number of fused-ring (bicyclic) bond motifs is 18. The number of ether oxygens (including phenoxy) is 2. The van der Waals surface area contributed by atoms with Crippen molar-refractivity contribution in [2.45, 2.75) is 10.8 Å². The van der Waals surface area contributed by atoms with Crippen molar-refractivity contribution in [3.8, 4) is 89.8 Å². The van der Waals surface area contributed by atoms with E-state index >= 15 is 0 Å². The van der Waals surface area contributed by atoms with Crippen LogP contribution in [0.3, 0.4) is 0 Å². The van der Waals surface area contributed by atoms with Gasteiger partial charge in [-0.3, -0.25) is 0 Å². The Labute approximate surface area is 483 Å². The molecule has 3 nitrogen and oxygen atoms in total. The Hall–Kier alpha value is -10.7. The van der Waals surface area contributed by atoms with Gasteiger partial charge in [-0.2, -0.15) is 0 Å². The molecule has 3 heteroatoms. The minimum absolute atomic E-state index is 0.622. The largest absolute Gasteiger partial charge is 0.457 e. The molecule has 2 heterocycles. The van der Waals surface area contributed by atoms with Crippen molar-refractivity contribution in [3.63, 3.8) is 0 Å². The van der Waals surface area contributed by atoms with Crippen molar-refractivity contribution in [1.82, 2.24) is 0 Å². The van der Waals surface area contributed by atoms with Gasteiger partial charge in [-0.05, 0) is 127 Å². The van der Waals surface area contributed by atoms with Gasteiger partial charge in [-0.15, -0.1) is 0 Å². The second-order valence-corrected chi connectivity index (χ2v) is 22.1. The molecule has 0 saturated carbocycles. The highest BCUT2D eigenvalue weighted by Gasteiger charge is 2.53. The van der Waals surface area contributed by atoms with Crippen LogP contribution in [-0.2, 0) is 10.8 Å². The van der Waals surface area contributed by atoms with Crippen molar-refractivity contribution in [2.24, 2.45) is 0 Å². The van der Waals surface area contributed by atoms with Crippen LogP contribution in [0.4, 0.5) is 17.1 Å². The molecule has 0 fully saturated rings. The van der Waals surface area contributed by atoms with Gasteiger partial charge in [0.05, 0.1) is 27.9 Å². The SMILES string of the molecule is c1ccc(-c2ccc(-c3ccccc3N(c3ccccc3-c3ccc4c(c3)C3(c5ccccc5Oc5ccccc53)c3ccccc3-4)c3ccccc3-c3ccc4c(c3)C3(c5ccccc5Oc5ccccc53)c3ccccc3-4)cc2)cc1. The van der Waals surface area contributed by atoms with Gasteiger partial charge < -0.3 is 14.4 Å². The van der Waals surface area contributed by atoms with Crippen LogP contribution in [-0.4, -0.2) is 0 Å². The average molecular weight is 1060 g/mol. The molecule has 0 amide bonds. The molecule has 83 heavy (non-hydrogen) atoms. The molecule has 2 aliphatic carbocycles. The van der Waals surface area contributed by atoms with Crippen molar-refractivity contribution < 1.29 is 9.47 Å². The van der Waals surface area contributed by atoms with Crippen LogP contribution < -0.4 is 14.4 Å². The minimum atomic E-state index is -0.622. The van der Waals surface area contributed by atoms with E-state index in [-0.39, 0.29) is 0 Å². The van der Waals surface area contributed by atoms with Gasteiger partial charge in [0.15, 0.2) is 0 Å². The third-order valence-electron chi connectivity index (χ3n) is 18.1. The first-order valence-corrected chi connectivity index (χ1v) is 28.6. The molecular formula is C80H51NO2. The van der Waals surface area contributed by atoms with Gasteiger partial charge in [0.25, 0.3) is 0 Å². The van der Waals surface area contributed by atoms with E-state index in [1.165, 1.54) is 55.6 Å². The molecule has 0 bridgehead atoms. The highest BCUT2D eigenvalue weighted by Crippen LogP contribution is 2.65. The van der Waals surface area contributed by atoms with Gasteiger partial charge in [0.1, 0.15) is 23.0 Å². The Morgan fingerprint density at radius 3 is 0.880 bits per heavy atom. The van der Waals surface area contributed by atoms with Crippen molar-refractivity contribution in [3.05, 3.63) is 354 Å². The summed E-state index contributed by atoms with van der Waals surface area (Å²) in [5.74, 6) is 3.51. The lowest BCUT2D eigenvalue weighted by Gasteiger charge is -2.39. The van der Waals surface area contributed by atoms with E-state index in [4.69, 9.17) is 9.47 Å². The van der Waals surface area contributed by atoms with E-state index in [2.05, 4.69) is 314 Å². The Kier molecular flexibility index (Phi) is 10.4. The topological polar surface area (TPSA) is 21.7 Å². The number of nitrogens with zero attached hydrogens (tertiary/aromatic N) is 1. The summed E-state index contributed by atoms with van der Waals surface area (Å²) in [7, 11) is 0. The lowest BCUT2D eigenvalue weighted by Crippen LogP contribution is -2.32.